The van der Waals surface area contributed by atoms with Crippen molar-refractivity contribution in [2.75, 3.05) is 57.3 Å². The standard InChI is InChI=1S/C21H32F3N5.HI/c1-3-25-20(28-13-11-27(12-14-28)17(2)21(22,23)24)26-15-18-9-10-29(16-18)19-7-5-4-6-8-19;/h4-8,17-18H,3,9-16H2,1-2H3,(H,25,26);1H. The number of halogens is 4. The number of anilines is 1. The van der Waals surface area contributed by atoms with Crippen LogP contribution in [0.4, 0.5) is 18.9 Å². The topological polar surface area (TPSA) is 34.1 Å². The molecule has 170 valence electrons. The molecule has 0 aliphatic carbocycles. The van der Waals surface area contributed by atoms with Crippen molar-refractivity contribution >= 4 is 35.6 Å². The number of piperazine rings is 1. The van der Waals surface area contributed by atoms with Gasteiger partial charge in [-0.15, -0.1) is 24.0 Å². The number of hydrogen-bond donors (Lipinski definition) is 1. The van der Waals surface area contributed by atoms with E-state index < -0.39 is 12.2 Å². The van der Waals surface area contributed by atoms with Gasteiger partial charge in [-0.1, -0.05) is 18.2 Å². The number of hydrogen-bond acceptors (Lipinski definition) is 3. The van der Waals surface area contributed by atoms with Crippen molar-refractivity contribution < 1.29 is 13.2 Å². The maximum atomic E-state index is 13.0. The van der Waals surface area contributed by atoms with Crippen LogP contribution in [0.25, 0.3) is 0 Å². The van der Waals surface area contributed by atoms with Crippen LogP contribution in [0.1, 0.15) is 20.3 Å². The van der Waals surface area contributed by atoms with E-state index in [9.17, 15) is 13.2 Å². The summed E-state index contributed by atoms with van der Waals surface area (Å²) in [5.74, 6) is 1.32. The van der Waals surface area contributed by atoms with Gasteiger partial charge in [0, 0.05) is 58.0 Å². The van der Waals surface area contributed by atoms with Crippen LogP contribution in [0.15, 0.2) is 35.3 Å². The minimum atomic E-state index is -4.17. The Bertz CT molecular complexity index is 662. The lowest BCUT2D eigenvalue weighted by molar-refractivity contribution is -0.181. The van der Waals surface area contributed by atoms with E-state index in [0.717, 1.165) is 38.6 Å². The van der Waals surface area contributed by atoms with Gasteiger partial charge in [-0.05, 0) is 38.3 Å². The zero-order valence-electron chi connectivity index (χ0n) is 17.7. The van der Waals surface area contributed by atoms with Gasteiger partial charge in [0.15, 0.2) is 5.96 Å². The SMILES string of the molecule is CCNC(=NCC1CCN(c2ccccc2)C1)N1CCN(C(C)C(F)(F)F)CC1.I. The maximum absolute atomic E-state index is 13.0. The third kappa shape index (κ3) is 6.63. The molecule has 3 rings (SSSR count). The van der Waals surface area contributed by atoms with Crippen molar-refractivity contribution in [3.63, 3.8) is 0 Å². The summed E-state index contributed by atoms with van der Waals surface area (Å²) in [6, 6.07) is 9.02. The number of para-hydroxylation sites is 1. The lowest BCUT2D eigenvalue weighted by atomic mass is 10.1. The second kappa shape index (κ2) is 11.4. The summed E-state index contributed by atoms with van der Waals surface area (Å²) in [5.41, 5.74) is 1.25. The molecule has 0 amide bonds. The maximum Gasteiger partial charge on any atom is 0.403 e. The molecule has 2 saturated heterocycles. The predicted molar refractivity (Wildman–Crippen MR) is 127 cm³/mol. The number of aliphatic imine (C=N–C) groups is 1. The van der Waals surface area contributed by atoms with Gasteiger partial charge in [-0.3, -0.25) is 9.89 Å². The zero-order valence-corrected chi connectivity index (χ0v) is 20.1. The van der Waals surface area contributed by atoms with E-state index in [4.69, 9.17) is 4.99 Å². The van der Waals surface area contributed by atoms with Crippen molar-refractivity contribution in [3.05, 3.63) is 30.3 Å². The van der Waals surface area contributed by atoms with Crippen LogP contribution in [0.2, 0.25) is 0 Å². The highest BCUT2D eigenvalue weighted by Gasteiger charge is 2.41. The summed E-state index contributed by atoms with van der Waals surface area (Å²) < 4.78 is 38.9. The second-order valence-electron chi connectivity index (χ2n) is 7.87. The van der Waals surface area contributed by atoms with Crippen molar-refractivity contribution in [1.29, 1.82) is 0 Å². The molecule has 0 bridgehead atoms. The molecule has 2 heterocycles. The molecule has 2 aliphatic rings. The fourth-order valence-corrected chi connectivity index (χ4v) is 4.02. The van der Waals surface area contributed by atoms with Crippen molar-refractivity contribution in [1.82, 2.24) is 15.1 Å². The van der Waals surface area contributed by atoms with Crippen LogP contribution < -0.4 is 10.2 Å². The molecule has 0 saturated carbocycles. The molecule has 5 nitrogen and oxygen atoms in total. The van der Waals surface area contributed by atoms with Gasteiger partial charge in [-0.25, -0.2) is 0 Å². The number of alkyl halides is 3. The average molecular weight is 539 g/mol. The molecule has 0 radical (unpaired) electrons. The molecule has 9 heteroatoms. The quantitative estimate of drug-likeness (QED) is 0.352. The van der Waals surface area contributed by atoms with Gasteiger partial charge in [-0.2, -0.15) is 13.2 Å². The third-order valence-corrected chi connectivity index (χ3v) is 5.88. The molecule has 2 atom stereocenters. The first kappa shape index (κ1) is 25.0. The number of nitrogens with zero attached hydrogens (tertiary/aromatic N) is 4. The van der Waals surface area contributed by atoms with Crippen LogP contribution in [0.3, 0.4) is 0 Å². The summed E-state index contributed by atoms with van der Waals surface area (Å²) in [5, 5.41) is 3.32. The smallest absolute Gasteiger partial charge is 0.371 e. The number of benzene rings is 1. The molecule has 2 fully saturated rings. The lowest BCUT2D eigenvalue weighted by Gasteiger charge is -2.39. The highest BCUT2D eigenvalue weighted by molar-refractivity contribution is 14.0. The van der Waals surface area contributed by atoms with Crippen LogP contribution in [0, 0.1) is 5.92 Å². The molecule has 2 aliphatic heterocycles. The average Bonchev–Trinajstić information content (AvgIpc) is 3.20. The predicted octanol–water partition coefficient (Wildman–Crippen LogP) is 3.66. The first-order chi connectivity index (χ1) is 13.9. The monoisotopic (exact) mass is 539 g/mol. The highest BCUT2D eigenvalue weighted by Crippen LogP contribution is 2.26. The molecule has 2 unspecified atom stereocenters. The van der Waals surface area contributed by atoms with Crippen LogP contribution in [-0.4, -0.2) is 80.3 Å². The fraction of sp³-hybridized carbons (Fsp3) is 0.667. The van der Waals surface area contributed by atoms with Crippen LogP contribution in [-0.2, 0) is 0 Å². The number of guanidine groups is 1. The molecular weight excluding hydrogens is 506 g/mol. The van der Waals surface area contributed by atoms with Crippen molar-refractivity contribution in [3.8, 4) is 0 Å². The normalized spacial score (nSPS) is 22.0. The van der Waals surface area contributed by atoms with Gasteiger partial charge < -0.3 is 15.1 Å². The van der Waals surface area contributed by atoms with Gasteiger partial charge in [0.05, 0.1) is 0 Å². The summed E-state index contributed by atoms with van der Waals surface area (Å²) in [7, 11) is 0. The Morgan fingerprint density at radius 2 is 1.80 bits per heavy atom. The second-order valence-corrected chi connectivity index (χ2v) is 7.87. The zero-order chi connectivity index (χ0) is 20.9. The fourth-order valence-electron chi connectivity index (χ4n) is 4.02. The Labute approximate surface area is 194 Å². The Hall–Kier alpha value is -1.23. The Morgan fingerprint density at radius 1 is 1.13 bits per heavy atom. The van der Waals surface area contributed by atoms with Gasteiger partial charge >= 0.3 is 6.18 Å². The van der Waals surface area contributed by atoms with Gasteiger partial charge in [0.2, 0.25) is 0 Å². The third-order valence-electron chi connectivity index (χ3n) is 5.88. The molecule has 0 spiro atoms. The minimum absolute atomic E-state index is 0. The number of nitrogens with one attached hydrogen (secondary N) is 1. The van der Waals surface area contributed by atoms with Crippen LogP contribution in [0.5, 0.6) is 0 Å². The summed E-state index contributed by atoms with van der Waals surface area (Å²) in [6.07, 6.45) is -3.07. The van der Waals surface area contributed by atoms with E-state index in [1.54, 1.807) is 0 Å². The van der Waals surface area contributed by atoms with Crippen molar-refractivity contribution in [2.45, 2.75) is 32.5 Å². The summed E-state index contributed by atoms with van der Waals surface area (Å²) in [4.78, 5) is 10.8. The first-order valence-electron chi connectivity index (χ1n) is 10.5. The van der Waals surface area contributed by atoms with E-state index in [1.807, 2.05) is 13.0 Å². The Morgan fingerprint density at radius 3 is 2.40 bits per heavy atom. The molecular formula is C21H33F3IN5. The molecule has 1 N–H and O–H groups in total. The van der Waals surface area contributed by atoms with Crippen molar-refractivity contribution in [2.24, 2.45) is 10.9 Å². The minimum Gasteiger partial charge on any atom is -0.371 e. The Kier molecular flexibility index (Phi) is 9.52. The Balaban J connectivity index is 0.00000320. The molecule has 1 aromatic rings. The van der Waals surface area contributed by atoms with E-state index in [2.05, 4.69) is 39.4 Å². The lowest BCUT2D eigenvalue weighted by Crippen LogP contribution is -2.56. The summed E-state index contributed by atoms with van der Waals surface area (Å²) in [6.45, 7) is 8.70. The van der Waals surface area contributed by atoms with E-state index in [0.29, 0.717) is 32.1 Å². The van der Waals surface area contributed by atoms with E-state index in [1.165, 1.54) is 17.5 Å². The van der Waals surface area contributed by atoms with Gasteiger partial charge in [0.1, 0.15) is 6.04 Å². The largest absolute Gasteiger partial charge is 0.403 e. The van der Waals surface area contributed by atoms with E-state index in [-0.39, 0.29) is 24.0 Å². The van der Waals surface area contributed by atoms with E-state index >= 15 is 0 Å². The summed E-state index contributed by atoms with van der Waals surface area (Å²) >= 11 is 0. The molecule has 1 aromatic carbocycles. The molecule has 30 heavy (non-hydrogen) atoms. The number of rotatable bonds is 5. The first-order valence-corrected chi connectivity index (χ1v) is 10.5. The highest BCUT2D eigenvalue weighted by atomic mass is 127. The molecule has 0 aromatic heterocycles. The van der Waals surface area contributed by atoms with Crippen LogP contribution >= 0.6 is 24.0 Å². The van der Waals surface area contributed by atoms with Gasteiger partial charge in [0.25, 0.3) is 0 Å².